The van der Waals surface area contributed by atoms with E-state index in [-0.39, 0.29) is 5.54 Å². The van der Waals surface area contributed by atoms with E-state index in [1.807, 2.05) is 0 Å². The van der Waals surface area contributed by atoms with Crippen LogP contribution in [0.25, 0.3) is 0 Å². The standard InChI is InChI=1S/C14H21NO/c1-10-4-5-11(2)13(16-3)12(10)6-7-14(15)8-9-14/h4-5H,6-9,15H2,1-3H3. The summed E-state index contributed by atoms with van der Waals surface area (Å²) in [6.07, 6.45) is 4.47. The summed E-state index contributed by atoms with van der Waals surface area (Å²) in [4.78, 5) is 0. The lowest BCUT2D eigenvalue weighted by Crippen LogP contribution is -2.22. The summed E-state index contributed by atoms with van der Waals surface area (Å²) in [5.74, 6) is 1.05. The number of rotatable bonds is 4. The lowest BCUT2D eigenvalue weighted by Gasteiger charge is -2.16. The van der Waals surface area contributed by atoms with Gasteiger partial charge in [0.1, 0.15) is 5.75 Å². The van der Waals surface area contributed by atoms with Crippen molar-refractivity contribution in [2.45, 2.75) is 45.1 Å². The molecule has 88 valence electrons. The third kappa shape index (κ3) is 2.22. The summed E-state index contributed by atoms with van der Waals surface area (Å²) in [5.41, 5.74) is 10.1. The van der Waals surface area contributed by atoms with Crippen LogP contribution in [0.1, 0.15) is 36.0 Å². The Morgan fingerprint density at radius 2 is 1.88 bits per heavy atom. The lowest BCUT2D eigenvalue weighted by molar-refractivity contribution is 0.404. The number of aryl methyl sites for hydroxylation is 2. The molecule has 1 saturated carbocycles. The number of benzene rings is 1. The van der Waals surface area contributed by atoms with Gasteiger partial charge in [-0.15, -0.1) is 0 Å². The van der Waals surface area contributed by atoms with E-state index in [2.05, 4.69) is 26.0 Å². The van der Waals surface area contributed by atoms with Crippen molar-refractivity contribution in [3.63, 3.8) is 0 Å². The van der Waals surface area contributed by atoms with Crippen LogP contribution in [-0.4, -0.2) is 12.6 Å². The topological polar surface area (TPSA) is 35.2 Å². The van der Waals surface area contributed by atoms with Crippen molar-refractivity contribution in [3.05, 3.63) is 28.8 Å². The molecule has 2 nitrogen and oxygen atoms in total. The van der Waals surface area contributed by atoms with E-state index >= 15 is 0 Å². The van der Waals surface area contributed by atoms with Gasteiger partial charge < -0.3 is 10.5 Å². The molecule has 1 aliphatic carbocycles. The molecule has 0 amide bonds. The van der Waals surface area contributed by atoms with Crippen molar-refractivity contribution in [1.82, 2.24) is 0 Å². The average molecular weight is 219 g/mol. The quantitative estimate of drug-likeness (QED) is 0.845. The van der Waals surface area contributed by atoms with Gasteiger partial charge in [-0.25, -0.2) is 0 Å². The summed E-state index contributed by atoms with van der Waals surface area (Å²) >= 11 is 0. The Kier molecular flexibility index (Phi) is 2.94. The first kappa shape index (κ1) is 11.5. The van der Waals surface area contributed by atoms with Crippen molar-refractivity contribution < 1.29 is 4.74 Å². The van der Waals surface area contributed by atoms with Crippen molar-refractivity contribution in [1.29, 1.82) is 0 Å². The van der Waals surface area contributed by atoms with Crippen molar-refractivity contribution >= 4 is 0 Å². The molecular weight excluding hydrogens is 198 g/mol. The van der Waals surface area contributed by atoms with Gasteiger partial charge >= 0.3 is 0 Å². The first-order chi connectivity index (χ1) is 7.56. The Bertz CT molecular complexity index is 394. The summed E-state index contributed by atoms with van der Waals surface area (Å²) in [5, 5.41) is 0. The maximum Gasteiger partial charge on any atom is 0.125 e. The molecule has 0 saturated heterocycles. The number of nitrogens with two attached hydrogens (primary N) is 1. The molecule has 16 heavy (non-hydrogen) atoms. The zero-order valence-electron chi connectivity index (χ0n) is 10.5. The van der Waals surface area contributed by atoms with Gasteiger partial charge in [-0.05, 0) is 56.2 Å². The van der Waals surface area contributed by atoms with Crippen LogP contribution in [0.15, 0.2) is 12.1 Å². The van der Waals surface area contributed by atoms with Gasteiger partial charge in [0.25, 0.3) is 0 Å². The zero-order chi connectivity index (χ0) is 11.8. The molecule has 0 atom stereocenters. The number of hydrogen-bond acceptors (Lipinski definition) is 2. The predicted octanol–water partition coefficient (Wildman–Crippen LogP) is 2.74. The summed E-state index contributed by atoms with van der Waals surface area (Å²) in [7, 11) is 1.75. The number of ether oxygens (including phenoxy) is 1. The van der Waals surface area contributed by atoms with Crippen LogP contribution in [0.5, 0.6) is 5.75 Å². The SMILES string of the molecule is COc1c(C)ccc(C)c1CCC1(N)CC1. The minimum absolute atomic E-state index is 0.126. The van der Waals surface area contributed by atoms with Crippen LogP contribution >= 0.6 is 0 Å². The van der Waals surface area contributed by atoms with E-state index in [1.54, 1.807) is 7.11 Å². The fourth-order valence-electron chi connectivity index (χ4n) is 2.22. The van der Waals surface area contributed by atoms with Crippen LogP contribution in [0.2, 0.25) is 0 Å². The molecule has 0 spiro atoms. The Hall–Kier alpha value is -1.02. The highest BCUT2D eigenvalue weighted by Gasteiger charge is 2.37. The van der Waals surface area contributed by atoms with Gasteiger partial charge in [-0.3, -0.25) is 0 Å². The summed E-state index contributed by atoms with van der Waals surface area (Å²) in [6.45, 7) is 4.24. The second-order valence-corrected chi connectivity index (χ2v) is 5.07. The van der Waals surface area contributed by atoms with Crippen LogP contribution in [0, 0.1) is 13.8 Å². The predicted molar refractivity (Wildman–Crippen MR) is 66.9 cm³/mol. The Morgan fingerprint density at radius 1 is 1.25 bits per heavy atom. The fourth-order valence-corrected chi connectivity index (χ4v) is 2.22. The monoisotopic (exact) mass is 219 g/mol. The molecule has 1 aliphatic rings. The Labute approximate surface area is 97.8 Å². The largest absolute Gasteiger partial charge is 0.496 e. The van der Waals surface area contributed by atoms with Gasteiger partial charge in [-0.2, -0.15) is 0 Å². The van der Waals surface area contributed by atoms with Gasteiger partial charge in [0, 0.05) is 5.54 Å². The molecule has 0 bridgehead atoms. The minimum Gasteiger partial charge on any atom is -0.496 e. The van der Waals surface area contributed by atoms with E-state index < -0.39 is 0 Å². The fraction of sp³-hybridized carbons (Fsp3) is 0.571. The van der Waals surface area contributed by atoms with Crippen molar-refractivity contribution in [2.75, 3.05) is 7.11 Å². The zero-order valence-corrected chi connectivity index (χ0v) is 10.5. The molecule has 0 aliphatic heterocycles. The molecule has 0 aromatic heterocycles. The Balaban J connectivity index is 2.20. The van der Waals surface area contributed by atoms with Gasteiger partial charge in [0.05, 0.1) is 7.11 Å². The molecule has 0 heterocycles. The third-order valence-electron chi connectivity index (χ3n) is 3.66. The van der Waals surface area contributed by atoms with Crippen LogP contribution in [-0.2, 0) is 6.42 Å². The molecular formula is C14H21NO. The molecule has 2 N–H and O–H groups in total. The van der Waals surface area contributed by atoms with Crippen molar-refractivity contribution in [2.24, 2.45) is 5.73 Å². The summed E-state index contributed by atoms with van der Waals surface area (Å²) < 4.78 is 5.50. The summed E-state index contributed by atoms with van der Waals surface area (Å²) in [6, 6.07) is 4.29. The van der Waals surface area contributed by atoms with Crippen LogP contribution in [0.4, 0.5) is 0 Å². The Morgan fingerprint density at radius 3 is 2.44 bits per heavy atom. The molecule has 2 rings (SSSR count). The van der Waals surface area contributed by atoms with E-state index in [9.17, 15) is 0 Å². The van der Waals surface area contributed by atoms with Gasteiger partial charge in [0.15, 0.2) is 0 Å². The third-order valence-corrected chi connectivity index (χ3v) is 3.66. The maximum absolute atomic E-state index is 6.13. The highest BCUT2D eigenvalue weighted by atomic mass is 16.5. The molecule has 1 fully saturated rings. The molecule has 0 unspecified atom stereocenters. The van der Waals surface area contributed by atoms with Crippen molar-refractivity contribution in [3.8, 4) is 5.75 Å². The van der Waals surface area contributed by atoms with Gasteiger partial charge in [0.2, 0.25) is 0 Å². The van der Waals surface area contributed by atoms with Crippen LogP contribution < -0.4 is 10.5 Å². The highest BCUT2D eigenvalue weighted by Crippen LogP contribution is 2.38. The highest BCUT2D eigenvalue weighted by molar-refractivity contribution is 5.45. The van der Waals surface area contributed by atoms with E-state index in [0.717, 1.165) is 18.6 Å². The maximum atomic E-state index is 6.13. The molecule has 2 heteroatoms. The number of methoxy groups -OCH3 is 1. The average Bonchev–Trinajstić information content (AvgIpc) is 2.98. The minimum atomic E-state index is 0.126. The van der Waals surface area contributed by atoms with E-state index in [0.29, 0.717) is 0 Å². The number of hydrogen-bond donors (Lipinski definition) is 1. The van der Waals surface area contributed by atoms with E-state index in [4.69, 9.17) is 10.5 Å². The second kappa shape index (κ2) is 4.10. The first-order valence-electron chi connectivity index (χ1n) is 5.98. The normalized spacial score (nSPS) is 17.2. The van der Waals surface area contributed by atoms with E-state index in [1.165, 1.54) is 29.5 Å². The lowest BCUT2D eigenvalue weighted by atomic mass is 9.97. The molecule has 0 radical (unpaired) electrons. The van der Waals surface area contributed by atoms with Crippen LogP contribution in [0.3, 0.4) is 0 Å². The molecule has 1 aromatic carbocycles. The van der Waals surface area contributed by atoms with Gasteiger partial charge in [-0.1, -0.05) is 12.1 Å². The second-order valence-electron chi connectivity index (χ2n) is 5.07. The first-order valence-corrected chi connectivity index (χ1v) is 5.98. The smallest absolute Gasteiger partial charge is 0.125 e. The molecule has 1 aromatic rings.